The Balaban J connectivity index is 2.34. The molecule has 0 bridgehead atoms. The fourth-order valence-electron chi connectivity index (χ4n) is 1.72. The van der Waals surface area contributed by atoms with Crippen LogP contribution in [0.4, 0.5) is 0 Å². The number of rotatable bonds is 3. The molecular weight excluding hydrogens is 199 g/mol. The molecule has 0 saturated carbocycles. The summed E-state index contributed by atoms with van der Waals surface area (Å²) >= 11 is 1.88. The summed E-state index contributed by atoms with van der Waals surface area (Å²) in [7, 11) is 0. The lowest BCUT2D eigenvalue weighted by Crippen LogP contribution is -2.38. The van der Waals surface area contributed by atoms with Crippen LogP contribution in [0.25, 0.3) is 0 Å². The van der Waals surface area contributed by atoms with E-state index >= 15 is 0 Å². The highest BCUT2D eigenvalue weighted by Gasteiger charge is 2.16. The van der Waals surface area contributed by atoms with E-state index in [1.165, 1.54) is 10.9 Å². The molecule has 74 valence electrons. The van der Waals surface area contributed by atoms with Crippen LogP contribution in [0.1, 0.15) is 0 Å². The van der Waals surface area contributed by atoms with Crippen molar-refractivity contribution in [2.75, 3.05) is 6.26 Å². The quantitative estimate of drug-likeness (QED) is 0.702. The summed E-state index contributed by atoms with van der Waals surface area (Å²) < 4.78 is 0. The van der Waals surface area contributed by atoms with Gasteiger partial charge in [-0.1, -0.05) is 71.6 Å². The smallest absolute Gasteiger partial charge is 0.200 e. The van der Waals surface area contributed by atoms with Gasteiger partial charge in [0.25, 0.3) is 5.99 Å². The van der Waals surface area contributed by atoms with E-state index in [-0.39, 0.29) is 0 Å². The topological polar surface area (TPSA) is 0 Å². The van der Waals surface area contributed by atoms with E-state index in [9.17, 15) is 0 Å². The van der Waals surface area contributed by atoms with Crippen LogP contribution in [0.3, 0.4) is 0 Å². The first kappa shape index (κ1) is 10.4. The fraction of sp³-hybridized carbons (Fsp3) is 0.0769. The molecule has 0 aliphatic carbocycles. The Hall–Kier alpha value is -1.15. The highest BCUT2D eigenvalue weighted by molar-refractivity contribution is 8.27. The number of benzene rings is 2. The molecule has 15 heavy (non-hydrogen) atoms. The predicted octanol–water partition coefficient (Wildman–Crippen LogP) is 2.16. The Morgan fingerprint density at radius 2 is 1.13 bits per heavy atom. The average Bonchev–Trinajstić information content (AvgIpc) is 2.33. The monoisotopic (exact) mass is 212 g/mol. The molecule has 0 N–H and O–H groups in total. The SMILES string of the molecule is CSB(c1ccccc1)c1ccccc1. The second kappa shape index (κ2) is 5.08. The summed E-state index contributed by atoms with van der Waals surface area (Å²) in [6, 6.07) is 21.3. The molecule has 0 saturated heterocycles. The van der Waals surface area contributed by atoms with Crippen molar-refractivity contribution in [2.24, 2.45) is 0 Å². The largest absolute Gasteiger partial charge is 0.273 e. The summed E-state index contributed by atoms with van der Waals surface area (Å²) in [4.78, 5) is 0. The van der Waals surface area contributed by atoms with Crippen molar-refractivity contribution in [2.45, 2.75) is 0 Å². The van der Waals surface area contributed by atoms with Gasteiger partial charge in [-0.2, -0.15) is 0 Å². The molecule has 2 aromatic rings. The van der Waals surface area contributed by atoms with E-state index in [2.05, 4.69) is 66.9 Å². The lowest BCUT2D eigenvalue weighted by molar-refractivity contribution is 1.74. The maximum absolute atomic E-state index is 2.19. The fourth-order valence-corrected chi connectivity index (χ4v) is 2.58. The van der Waals surface area contributed by atoms with E-state index in [1.807, 2.05) is 11.6 Å². The Bertz CT molecular complexity index is 360. The number of hydrogen-bond acceptors (Lipinski definition) is 1. The zero-order chi connectivity index (χ0) is 10.5. The van der Waals surface area contributed by atoms with Crippen LogP contribution in [0, 0.1) is 0 Å². The van der Waals surface area contributed by atoms with E-state index < -0.39 is 0 Å². The average molecular weight is 212 g/mol. The summed E-state index contributed by atoms with van der Waals surface area (Å²) in [6.07, 6.45) is 2.16. The molecule has 2 aromatic carbocycles. The molecule has 0 spiro atoms. The van der Waals surface area contributed by atoms with Gasteiger partial charge in [-0.25, -0.2) is 11.6 Å². The molecule has 0 atom stereocenters. The van der Waals surface area contributed by atoms with Gasteiger partial charge < -0.3 is 0 Å². The van der Waals surface area contributed by atoms with E-state index in [1.54, 1.807) is 0 Å². The molecule has 0 unspecified atom stereocenters. The normalized spacial score (nSPS) is 9.93. The highest BCUT2D eigenvalue weighted by atomic mass is 32.2. The lowest BCUT2D eigenvalue weighted by atomic mass is 9.62. The third-order valence-electron chi connectivity index (χ3n) is 2.44. The molecule has 0 heterocycles. The van der Waals surface area contributed by atoms with Crippen LogP contribution in [0.2, 0.25) is 0 Å². The Morgan fingerprint density at radius 3 is 1.47 bits per heavy atom. The predicted molar refractivity (Wildman–Crippen MR) is 71.4 cm³/mol. The summed E-state index contributed by atoms with van der Waals surface area (Å²) in [6.45, 7) is 0. The first-order valence-corrected chi connectivity index (χ1v) is 6.33. The van der Waals surface area contributed by atoms with Crippen molar-refractivity contribution in [1.82, 2.24) is 0 Å². The molecule has 0 aliphatic heterocycles. The third-order valence-corrected chi connectivity index (χ3v) is 3.46. The third kappa shape index (κ3) is 2.45. The second-order valence-electron chi connectivity index (χ2n) is 3.44. The summed E-state index contributed by atoms with van der Waals surface area (Å²) in [5.41, 5.74) is 2.74. The molecule has 0 fully saturated rings. The van der Waals surface area contributed by atoms with E-state index in [0.717, 1.165) is 0 Å². The van der Waals surface area contributed by atoms with Crippen molar-refractivity contribution in [3.8, 4) is 0 Å². The minimum Gasteiger partial charge on any atom is -0.200 e. The van der Waals surface area contributed by atoms with Gasteiger partial charge in [0, 0.05) is 0 Å². The molecule has 0 nitrogen and oxygen atoms in total. The Labute approximate surface area is 95.7 Å². The van der Waals surface area contributed by atoms with Gasteiger partial charge in [0.05, 0.1) is 0 Å². The van der Waals surface area contributed by atoms with Crippen LogP contribution in [-0.4, -0.2) is 12.2 Å². The van der Waals surface area contributed by atoms with Crippen LogP contribution in [0.15, 0.2) is 60.7 Å². The van der Waals surface area contributed by atoms with E-state index in [0.29, 0.717) is 5.99 Å². The number of hydrogen-bond donors (Lipinski definition) is 0. The zero-order valence-corrected chi connectivity index (χ0v) is 9.58. The molecule has 2 heteroatoms. The zero-order valence-electron chi connectivity index (χ0n) is 8.76. The van der Waals surface area contributed by atoms with Gasteiger partial charge in [0.15, 0.2) is 0 Å². The van der Waals surface area contributed by atoms with Crippen molar-refractivity contribution >= 4 is 28.5 Å². The van der Waals surface area contributed by atoms with Crippen molar-refractivity contribution < 1.29 is 0 Å². The maximum atomic E-state index is 2.19. The van der Waals surface area contributed by atoms with E-state index in [4.69, 9.17) is 0 Å². The van der Waals surface area contributed by atoms with Gasteiger partial charge >= 0.3 is 0 Å². The molecule has 0 aliphatic rings. The van der Waals surface area contributed by atoms with Gasteiger partial charge in [-0.15, -0.1) is 0 Å². The van der Waals surface area contributed by atoms with Gasteiger partial charge in [0.2, 0.25) is 0 Å². The van der Waals surface area contributed by atoms with Gasteiger partial charge in [0.1, 0.15) is 0 Å². The van der Waals surface area contributed by atoms with Crippen LogP contribution in [-0.2, 0) is 0 Å². The van der Waals surface area contributed by atoms with Crippen molar-refractivity contribution in [3.05, 3.63) is 60.7 Å². The molecule has 0 amide bonds. The Kier molecular flexibility index (Phi) is 3.52. The first-order chi connectivity index (χ1) is 7.42. The van der Waals surface area contributed by atoms with Gasteiger partial charge in [-0.05, 0) is 6.26 Å². The molecular formula is C13H13BS. The minimum atomic E-state index is 0.451. The molecule has 0 radical (unpaired) electrons. The summed E-state index contributed by atoms with van der Waals surface area (Å²) in [5.74, 6) is 0.451. The van der Waals surface area contributed by atoms with Gasteiger partial charge in [-0.3, -0.25) is 0 Å². The standard InChI is InChI=1S/C13H13BS/c1-15-14(12-8-4-2-5-9-12)13-10-6-3-7-11-13/h2-11H,1H3. The highest BCUT2D eigenvalue weighted by Crippen LogP contribution is 2.03. The van der Waals surface area contributed by atoms with Crippen LogP contribution in [0.5, 0.6) is 0 Å². The van der Waals surface area contributed by atoms with Crippen LogP contribution < -0.4 is 10.9 Å². The molecule has 2 rings (SSSR count). The van der Waals surface area contributed by atoms with Crippen molar-refractivity contribution in [3.63, 3.8) is 0 Å². The first-order valence-electron chi connectivity index (χ1n) is 5.04. The van der Waals surface area contributed by atoms with Crippen LogP contribution >= 0.6 is 11.6 Å². The lowest BCUT2D eigenvalue weighted by Gasteiger charge is -2.11. The maximum Gasteiger partial charge on any atom is 0.273 e. The second-order valence-corrected chi connectivity index (χ2v) is 4.38. The Morgan fingerprint density at radius 1 is 0.733 bits per heavy atom. The minimum absolute atomic E-state index is 0.451. The molecule has 0 aromatic heterocycles. The summed E-state index contributed by atoms with van der Waals surface area (Å²) in [5, 5.41) is 0. The van der Waals surface area contributed by atoms with Crippen molar-refractivity contribution in [1.29, 1.82) is 0 Å².